The Morgan fingerprint density at radius 2 is 2.31 bits per heavy atom. The lowest BCUT2D eigenvalue weighted by Crippen LogP contribution is -1.86. The van der Waals surface area contributed by atoms with Crippen LogP contribution in [0.25, 0.3) is 0 Å². The van der Waals surface area contributed by atoms with E-state index in [1.165, 1.54) is 6.08 Å². The molecule has 0 spiro atoms. The van der Waals surface area contributed by atoms with Crippen molar-refractivity contribution in [3.05, 3.63) is 47.3 Å². The molecule has 1 rings (SSSR count). The third kappa shape index (κ3) is 3.38. The van der Waals surface area contributed by atoms with Crippen molar-refractivity contribution in [2.24, 2.45) is 0 Å². The van der Waals surface area contributed by atoms with E-state index in [1.807, 2.05) is 31.2 Å². The molecule has 70 valence electrons. The molecule has 0 heterocycles. The molecule has 2 heteroatoms. The fourth-order valence-corrected chi connectivity index (χ4v) is 1.13. The maximum absolute atomic E-state index is 12.5. The molecule has 0 amide bonds. The maximum atomic E-state index is 12.5. The van der Waals surface area contributed by atoms with Crippen LogP contribution in [0.1, 0.15) is 11.1 Å². The van der Waals surface area contributed by atoms with Crippen LogP contribution < -0.4 is 0 Å². The second kappa shape index (κ2) is 4.77. The van der Waals surface area contributed by atoms with Crippen molar-refractivity contribution >= 4 is 0 Å². The van der Waals surface area contributed by atoms with Gasteiger partial charge in [-0.05, 0) is 25.0 Å². The molecule has 0 aromatic heterocycles. The van der Waals surface area contributed by atoms with Gasteiger partial charge in [0, 0.05) is 0 Å². The van der Waals surface area contributed by atoms with Crippen LogP contribution in [-0.2, 0) is 6.42 Å². The van der Waals surface area contributed by atoms with Crippen LogP contribution in [0.5, 0.6) is 0 Å². The Morgan fingerprint density at radius 1 is 1.54 bits per heavy atom. The summed E-state index contributed by atoms with van der Waals surface area (Å²) in [7, 11) is 0. The van der Waals surface area contributed by atoms with E-state index in [9.17, 15) is 4.39 Å². The SMILES string of the molecule is Cc1cccc(CC=C(F)CO)c1. The van der Waals surface area contributed by atoms with Gasteiger partial charge in [-0.25, -0.2) is 4.39 Å². The molecular weight excluding hydrogens is 167 g/mol. The van der Waals surface area contributed by atoms with Gasteiger partial charge in [-0.1, -0.05) is 29.8 Å². The van der Waals surface area contributed by atoms with Gasteiger partial charge in [0.1, 0.15) is 5.83 Å². The minimum absolute atomic E-state index is 0.471. The highest BCUT2D eigenvalue weighted by Gasteiger charge is 1.93. The lowest BCUT2D eigenvalue weighted by atomic mass is 10.1. The van der Waals surface area contributed by atoms with Crippen LogP contribution >= 0.6 is 0 Å². The summed E-state index contributed by atoms with van der Waals surface area (Å²) >= 11 is 0. The normalized spacial score (nSPS) is 11.8. The zero-order valence-electron chi connectivity index (χ0n) is 7.63. The van der Waals surface area contributed by atoms with E-state index in [0.29, 0.717) is 6.42 Å². The van der Waals surface area contributed by atoms with Crippen molar-refractivity contribution in [1.82, 2.24) is 0 Å². The molecule has 0 aliphatic carbocycles. The van der Waals surface area contributed by atoms with Gasteiger partial charge in [-0.3, -0.25) is 0 Å². The van der Waals surface area contributed by atoms with E-state index < -0.39 is 12.4 Å². The number of aliphatic hydroxyl groups excluding tert-OH is 1. The van der Waals surface area contributed by atoms with Crippen molar-refractivity contribution in [3.8, 4) is 0 Å². The van der Waals surface area contributed by atoms with E-state index in [2.05, 4.69) is 0 Å². The Bertz CT molecular complexity index is 305. The van der Waals surface area contributed by atoms with Crippen molar-refractivity contribution in [3.63, 3.8) is 0 Å². The van der Waals surface area contributed by atoms with Crippen LogP contribution in [0.15, 0.2) is 36.2 Å². The quantitative estimate of drug-likeness (QED) is 0.757. The van der Waals surface area contributed by atoms with Crippen molar-refractivity contribution in [2.45, 2.75) is 13.3 Å². The average Bonchev–Trinajstić information content (AvgIpc) is 2.14. The zero-order chi connectivity index (χ0) is 9.68. The van der Waals surface area contributed by atoms with Crippen molar-refractivity contribution in [2.75, 3.05) is 6.61 Å². The van der Waals surface area contributed by atoms with Gasteiger partial charge >= 0.3 is 0 Å². The summed E-state index contributed by atoms with van der Waals surface area (Å²) in [5.41, 5.74) is 2.22. The number of hydrogen-bond donors (Lipinski definition) is 1. The molecule has 0 radical (unpaired) electrons. The summed E-state index contributed by atoms with van der Waals surface area (Å²) in [4.78, 5) is 0. The van der Waals surface area contributed by atoms with Gasteiger partial charge < -0.3 is 5.11 Å². The minimum atomic E-state index is -0.508. The van der Waals surface area contributed by atoms with Crippen molar-refractivity contribution in [1.29, 1.82) is 0 Å². The van der Waals surface area contributed by atoms with Gasteiger partial charge in [0.15, 0.2) is 0 Å². The molecular formula is C11H13FO. The van der Waals surface area contributed by atoms with Crippen molar-refractivity contribution < 1.29 is 9.50 Å². The molecule has 1 N–H and O–H groups in total. The summed E-state index contributed by atoms with van der Waals surface area (Å²) in [5, 5.41) is 8.42. The first-order valence-corrected chi connectivity index (χ1v) is 4.23. The van der Waals surface area contributed by atoms with Gasteiger partial charge in [0.05, 0.1) is 6.61 Å². The van der Waals surface area contributed by atoms with E-state index in [-0.39, 0.29) is 0 Å². The molecule has 13 heavy (non-hydrogen) atoms. The molecule has 0 aliphatic heterocycles. The van der Waals surface area contributed by atoms with Crippen LogP contribution in [0.3, 0.4) is 0 Å². The first-order valence-electron chi connectivity index (χ1n) is 4.23. The minimum Gasteiger partial charge on any atom is -0.389 e. The number of halogens is 1. The fraction of sp³-hybridized carbons (Fsp3) is 0.273. The van der Waals surface area contributed by atoms with Crippen LogP contribution in [0.2, 0.25) is 0 Å². The zero-order valence-corrected chi connectivity index (χ0v) is 7.63. The van der Waals surface area contributed by atoms with Gasteiger partial charge in [-0.2, -0.15) is 0 Å². The molecule has 0 aliphatic rings. The molecule has 0 saturated carbocycles. The summed E-state index contributed by atoms with van der Waals surface area (Å²) in [6.45, 7) is 1.49. The van der Waals surface area contributed by atoms with Crippen LogP contribution in [-0.4, -0.2) is 11.7 Å². The lowest BCUT2D eigenvalue weighted by molar-refractivity contribution is 0.297. The number of benzene rings is 1. The Labute approximate surface area is 77.5 Å². The van der Waals surface area contributed by atoms with Gasteiger partial charge in [0.25, 0.3) is 0 Å². The topological polar surface area (TPSA) is 20.2 Å². The molecule has 1 nitrogen and oxygen atoms in total. The Hall–Kier alpha value is -1.15. The second-order valence-corrected chi connectivity index (χ2v) is 3.00. The third-order valence-electron chi connectivity index (χ3n) is 1.79. The predicted molar refractivity (Wildman–Crippen MR) is 51.2 cm³/mol. The molecule has 0 saturated heterocycles. The number of hydrogen-bond acceptors (Lipinski definition) is 1. The van der Waals surface area contributed by atoms with E-state index in [0.717, 1.165) is 11.1 Å². The van der Waals surface area contributed by atoms with E-state index >= 15 is 0 Å². The second-order valence-electron chi connectivity index (χ2n) is 3.00. The fourth-order valence-electron chi connectivity index (χ4n) is 1.13. The highest BCUT2D eigenvalue weighted by Crippen LogP contribution is 2.06. The number of aliphatic hydroxyl groups is 1. The number of allylic oxidation sites excluding steroid dienone is 1. The van der Waals surface area contributed by atoms with E-state index in [1.54, 1.807) is 0 Å². The maximum Gasteiger partial charge on any atom is 0.122 e. The molecule has 0 bridgehead atoms. The average molecular weight is 180 g/mol. The third-order valence-corrected chi connectivity index (χ3v) is 1.79. The first kappa shape index (κ1) is 9.93. The Kier molecular flexibility index (Phi) is 3.65. The predicted octanol–water partition coefficient (Wildman–Crippen LogP) is 2.38. The molecule has 0 fully saturated rings. The standard InChI is InChI=1S/C11H13FO/c1-9-3-2-4-10(7-9)5-6-11(12)8-13/h2-4,6-7,13H,5,8H2,1H3. The first-order chi connectivity index (χ1) is 6.22. The number of aryl methyl sites for hydroxylation is 1. The Balaban J connectivity index is 2.64. The highest BCUT2D eigenvalue weighted by molar-refractivity contribution is 5.24. The highest BCUT2D eigenvalue weighted by atomic mass is 19.1. The molecule has 0 atom stereocenters. The lowest BCUT2D eigenvalue weighted by Gasteiger charge is -1.98. The molecule has 1 aromatic rings. The van der Waals surface area contributed by atoms with E-state index in [4.69, 9.17) is 5.11 Å². The Morgan fingerprint density at radius 3 is 2.92 bits per heavy atom. The largest absolute Gasteiger partial charge is 0.389 e. The van der Waals surface area contributed by atoms with Gasteiger partial charge in [-0.15, -0.1) is 0 Å². The summed E-state index contributed by atoms with van der Waals surface area (Å²) in [5.74, 6) is -0.471. The summed E-state index contributed by atoms with van der Waals surface area (Å²) < 4.78 is 12.5. The van der Waals surface area contributed by atoms with Crippen LogP contribution in [0.4, 0.5) is 4.39 Å². The monoisotopic (exact) mass is 180 g/mol. The van der Waals surface area contributed by atoms with Gasteiger partial charge in [0.2, 0.25) is 0 Å². The summed E-state index contributed by atoms with van der Waals surface area (Å²) in [6, 6.07) is 7.88. The van der Waals surface area contributed by atoms with Crippen LogP contribution in [0, 0.1) is 6.92 Å². The number of rotatable bonds is 3. The molecule has 1 aromatic carbocycles. The molecule has 0 unspecified atom stereocenters. The summed E-state index contributed by atoms with van der Waals surface area (Å²) in [6.07, 6.45) is 1.93. The smallest absolute Gasteiger partial charge is 0.122 e.